The highest BCUT2D eigenvalue weighted by atomic mass is 127. The lowest BCUT2D eigenvalue weighted by Crippen LogP contribution is -2.25. The van der Waals surface area contributed by atoms with E-state index in [9.17, 15) is 0 Å². The van der Waals surface area contributed by atoms with Crippen molar-refractivity contribution in [3.63, 3.8) is 0 Å². The van der Waals surface area contributed by atoms with Crippen LogP contribution in [-0.4, -0.2) is 15.4 Å². The maximum atomic E-state index is 6.06. The summed E-state index contributed by atoms with van der Waals surface area (Å²) in [6.07, 6.45) is 2.73. The lowest BCUT2D eigenvalue weighted by atomic mass is 10.0. The van der Waals surface area contributed by atoms with Crippen molar-refractivity contribution in [3.8, 4) is 5.75 Å². The van der Waals surface area contributed by atoms with Gasteiger partial charge in [-0.05, 0) is 42.0 Å². The van der Waals surface area contributed by atoms with Gasteiger partial charge >= 0.3 is 0 Å². The number of anilines is 1. The van der Waals surface area contributed by atoms with Gasteiger partial charge in [0.2, 0.25) is 0 Å². The molecule has 2 aromatic rings. The molecule has 0 aliphatic carbocycles. The van der Waals surface area contributed by atoms with Gasteiger partial charge in [0.1, 0.15) is 17.2 Å². The summed E-state index contributed by atoms with van der Waals surface area (Å²) in [6.45, 7) is 4.87. The predicted octanol–water partition coefficient (Wildman–Crippen LogP) is 2.83. The molecule has 2 heterocycles. The SMILES string of the molecule is CC1(C)Cc2cccc(Cn3ncc(I)c3N)c2O1. The molecule has 3 rings (SSSR count). The number of benzene rings is 1. The molecule has 100 valence electrons. The van der Waals surface area contributed by atoms with Crippen LogP contribution in [0.25, 0.3) is 0 Å². The highest BCUT2D eigenvalue weighted by Crippen LogP contribution is 2.38. The molecule has 0 atom stereocenters. The molecule has 0 spiro atoms. The molecule has 0 bridgehead atoms. The largest absolute Gasteiger partial charge is 0.487 e. The first-order chi connectivity index (χ1) is 8.96. The third-order valence-electron chi connectivity index (χ3n) is 3.33. The zero-order valence-electron chi connectivity index (χ0n) is 11.0. The quantitative estimate of drug-likeness (QED) is 0.829. The number of nitrogens with zero attached hydrogens (tertiary/aromatic N) is 2. The number of nitrogens with two attached hydrogens (primary N) is 1. The number of ether oxygens (including phenoxy) is 1. The van der Waals surface area contributed by atoms with Gasteiger partial charge in [0, 0.05) is 12.0 Å². The van der Waals surface area contributed by atoms with Gasteiger partial charge < -0.3 is 10.5 Å². The summed E-state index contributed by atoms with van der Waals surface area (Å²) in [4.78, 5) is 0. The molecular formula is C14H16IN3O. The van der Waals surface area contributed by atoms with Crippen LogP contribution in [-0.2, 0) is 13.0 Å². The second-order valence-electron chi connectivity index (χ2n) is 5.48. The molecule has 4 nitrogen and oxygen atoms in total. The van der Waals surface area contributed by atoms with Gasteiger partial charge in [-0.25, -0.2) is 4.68 Å². The number of rotatable bonds is 2. The van der Waals surface area contributed by atoms with Gasteiger partial charge in [-0.3, -0.25) is 0 Å². The Kier molecular flexibility index (Phi) is 2.96. The Morgan fingerprint density at radius 3 is 2.95 bits per heavy atom. The van der Waals surface area contributed by atoms with Crippen LogP contribution in [0, 0.1) is 3.57 Å². The van der Waals surface area contributed by atoms with Crippen LogP contribution in [0.4, 0.5) is 5.82 Å². The average Bonchev–Trinajstić information content (AvgIpc) is 2.82. The van der Waals surface area contributed by atoms with Crippen LogP contribution >= 0.6 is 22.6 Å². The number of hydrogen-bond acceptors (Lipinski definition) is 3. The lowest BCUT2D eigenvalue weighted by Gasteiger charge is -2.18. The van der Waals surface area contributed by atoms with Crippen LogP contribution < -0.4 is 10.5 Å². The van der Waals surface area contributed by atoms with Gasteiger partial charge in [0.25, 0.3) is 0 Å². The van der Waals surface area contributed by atoms with Crippen LogP contribution in [0.2, 0.25) is 0 Å². The van der Waals surface area contributed by atoms with E-state index in [1.54, 1.807) is 6.20 Å². The Morgan fingerprint density at radius 1 is 1.47 bits per heavy atom. The topological polar surface area (TPSA) is 53.1 Å². The maximum absolute atomic E-state index is 6.06. The molecule has 0 amide bonds. The number of fused-ring (bicyclic) bond motifs is 1. The Balaban J connectivity index is 1.96. The minimum absolute atomic E-state index is 0.122. The van der Waals surface area contributed by atoms with Crippen molar-refractivity contribution < 1.29 is 4.74 Å². The van der Waals surface area contributed by atoms with Gasteiger partial charge in [-0.2, -0.15) is 5.10 Å². The zero-order valence-corrected chi connectivity index (χ0v) is 13.1. The van der Waals surface area contributed by atoms with Crippen molar-refractivity contribution in [1.29, 1.82) is 0 Å². The molecule has 5 heteroatoms. The van der Waals surface area contributed by atoms with Gasteiger partial charge in [0.05, 0.1) is 16.3 Å². The zero-order chi connectivity index (χ0) is 13.6. The fourth-order valence-electron chi connectivity index (χ4n) is 2.46. The van der Waals surface area contributed by atoms with Gasteiger partial charge in [-0.15, -0.1) is 0 Å². The third kappa shape index (κ3) is 2.31. The molecule has 1 aromatic heterocycles. The number of para-hydroxylation sites is 1. The third-order valence-corrected chi connectivity index (χ3v) is 4.16. The molecule has 1 aliphatic heterocycles. The lowest BCUT2D eigenvalue weighted by molar-refractivity contribution is 0.137. The second kappa shape index (κ2) is 4.40. The van der Waals surface area contributed by atoms with Crippen molar-refractivity contribution in [3.05, 3.63) is 39.1 Å². The first-order valence-electron chi connectivity index (χ1n) is 6.23. The summed E-state index contributed by atoms with van der Waals surface area (Å²) in [6, 6.07) is 6.28. The van der Waals surface area contributed by atoms with E-state index >= 15 is 0 Å². The normalized spacial score (nSPS) is 16.2. The molecular weight excluding hydrogens is 353 g/mol. The van der Waals surface area contributed by atoms with E-state index in [0.29, 0.717) is 12.4 Å². The Labute approximate surface area is 126 Å². The average molecular weight is 369 g/mol. The summed E-state index contributed by atoms with van der Waals surface area (Å²) in [5, 5.41) is 4.30. The minimum Gasteiger partial charge on any atom is -0.487 e. The molecule has 19 heavy (non-hydrogen) atoms. The van der Waals surface area contributed by atoms with Crippen LogP contribution in [0.15, 0.2) is 24.4 Å². The summed E-state index contributed by atoms with van der Waals surface area (Å²) in [5.41, 5.74) is 8.28. The van der Waals surface area contributed by atoms with E-state index in [-0.39, 0.29) is 5.60 Å². The molecule has 0 radical (unpaired) electrons. The monoisotopic (exact) mass is 369 g/mol. The van der Waals surface area contributed by atoms with Crippen molar-refractivity contribution in [2.24, 2.45) is 0 Å². The van der Waals surface area contributed by atoms with Gasteiger partial charge in [0.15, 0.2) is 0 Å². The van der Waals surface area contributed by atoms with E-state index in [0.717, 1.165) is 21.3 Å². The number of halogens is 1. The minimum atomic E-state index is -0.122. The highest BCUT2D eigenvalue weighted by Gasteiger charge is 2.31. The molecule has 1 aromatic carbocycles. The predicted molar refractivity (Wildman–Crippen MR) is 83.3 cm³/mol. The Hall–Kier alpha value is -1.24. The molecule has 2 N–H and O–H groups in total. The van der Waals surface area contributed by atoms with Crippen LogP contribution in [0.1, 0.15) is 25.0 Å². The number of aromatic nitrogens is 2. The number of hydrogen-bond donors (Lipinski definition) is 1. The Morgan fingerprint density at radius 2 is 2.26 bits per heavy atom. The first kappa shape index (κ1) is 12.8. The van der Waals surface area contributed by atoms with Gasteiger partial charge in [-0.1, -0.05) is 18.2 Å². The van der Waals surface area contributed by atoms with E-state index in [1.807, 2.05) is 4.68 Å². The van der Waals surface area contributed by atoms with Crippen LogP contribution in [0.3, 0.4) is 0 Å². The summed E-state index contributed by atoms with van der Waals surface area (Å²) in [5.74, 6) is 1.70. The standard InChI is InChI=1S/C14H16IN3O/c1-14(2)6-9-4-3-5-10(12(9)19-14)8-18-13(16)11(15)7-17-18/h3-5,7H,6,8,16H2,1-2H3. The smallest absolute Gasteiger partial charge is 0.135 e. The summed E-state index contributed by atoms with van der Waals surface area (Å²) >= 11 is 2.19. The molecule has 0 unspecified atom stereocenters. The fraction of sp³-hybridized carbons (Fsp3) is 0.357. The molecule has 0 fully saturated rings. The Bertz CT molecular complexity index is 634. The molecule has 1 aliphatic rings. The van der Waals surface area contributed by atoms with E-state index in [1.165, 1.54) is 5.56 Å². The molecule has 0 saturated heterocycles. The van der Waals surface area contributed by atoms with Crippen molar-refractivity contribution in [1.82, 2.24) is 9.78 Å². The number of nitrogen functional groups attached to an aromatic ring is 1. The fourth-order valence-corrected chi connectivity index (χ4v) is 2.87. The van der Waals surface area contributed by atoms with Crippen LogP contribution in [0.5, 0.6) is 5.75 Å². The summed E-state index contributed by atoms with van der Waals surface area (Å²) in [7, 11) is 0. The van der Waals surface area contributed by atoms with E-state index < -0.39 is 0 Å². The molecule has 0 saturated carbocycles. The van der Waals surface area contributed by atoms with Crippen molar-refractivity contribution in [2.75, 3.05) is 5.73 Å². The highest BCUT2D eigenvalue weighted by molar-refractivity contribution is 14.1. The first-order valence-corrected chi connectivity index (χ1v) is 7.31. The summed E-state index contributed by atoms with van der Waals surface area (Å²) < 4.78 is 8.85. The van der Waals surface area contributed by atoms with E-state index in [2.05, 4.69) is 59.7 Å². The van der Waals surface area contributed by atoms with Crippen molar-refractivity contribution >= 4 is 28.4 Å². The second-order valence-corrected chi connectivity index (χ2v) is 6.64. The maximum Gasteiger partial charge on any atom is 0.135 e. The van der Waals surface area contributed by atoms with E-state index in [4.69, 9.17) is 10.5 Å². The van der Waals surface area contributed by atoms with Crippen molar-refractivity contribution in [2.45, 2.75) is 32.4 Å².